The highest BCUT2D eigenvalue weighted by molar-refractivity contribution is 5.92. The predicted octanol–water partition coefficient (Wildman–Crippen LogP) is 20.4. The Morgan fingerprint density at radius 3 is 0.989 bits per heavy atom. The monoisotopic (exact) mass is 1180 g/mol. The Morgan fingerprint density at radius 2 is 0.644 bits per heavy atom. The van der Waals surface area contributed by atoms with Gasteiger partial charge < -0.3 is 28.7 Å². The fraction of sp³-hybridized carbons (Fsp3) is 0.0732. The molecule has 0 saturated heterocycles. The molecule has 12 aromatic rings. The highest BCUT2D eigenvalue weighted by Crippen LogP contribution is 2.60. The predicted molar refractivity (Wildman–Crippen MR) is 360 cm³/mol. The van der Waals surface area contributed by atoms with Gasteiger partial charge in [-0.2, -0.15) is 0 Å². The minimum atomic E-state index is -0.762. The Hall–Kier alpha value is -11.2. The number of methoxy groups -OCH3 is 2. The third kappa shape index (κ3) is 9.74. The number of ether oxygens (including phenoxy) is 4. The summed E-state index contributed by atoms with van der Waals surface area (Å²) in [5.41, 5.74) is 18.3. The molecule has 0 N–H and O–H groups in total. The van der Waals surface area contributed by atoms with E-state index in [1.54, 1.807) is 50.6 Å². The van der Waals surface area contributed by atoms with Gasteiger partial charge in [-0.05, 0) is 211 Å². The second-order valence-corrected chi connectivity index (χ2v) is 22.5. The summed E-state index contributed by atoms with van der Waals surface area (Å²) in [7, 11) is 3.36. The van der Waals surface area contributed by atoms with E-state index in [1.807, 2.05) is 60.7 Å². The van der Waals surface area contributed by atoms with Crippen molar-refractivity contribution in [3.8, 4) is 56.4 Å². The lowest BCUT2D eigenvalue weighted by Crippen LogP contribution is -2.28. The number of hydrogen-bond donors (Lipinski definition) is 0. The summed E-state index contributed by atoms with van der Waals surface area (Å²) >= 11 is 0. The van der Waals surface area contributed by atoms with Crippen LogP contribution in [0.3, 0.4) is 0 Å². The van der Waals surface area contributed by atoms with E-state index in [9.17, 15) is 0 Å². The lowest BCUT2D eigenvalue weighted by Gasteiger charge is -2.35. The average Bonchev–Trinajstić information content (AvgIpc) is 1.54. The van der Waals surface area contributed by atoms with Crippen LogP contribution in [0.4, 0.5) is 42.9 Å². The molecule has 0 bridgehead atoms. The van der Waals surface area contributed by atoms with Crippen LogP contribution in [0.5, 0.6) is 23.0 Å². The lowest BCUT2D eigenvalue weighted by molar-refractivity contribution is 0.363. The molecule has 0 saturated carbocycles. The van der Waals surface area contributed by atoms with Crippen molar-refractivity contribution in [1.29, 1.82) is 0 Å². The van der Waals surface area contributed by atoms with Gasteiger partial charge in [-0.1, -0.05) is 171 Å². The summed E-state index contributed by atoms with van der Waals surface area (Å²) in [5.74, 6) is 2.32. The number of nitrogens with zero attached hydrogens (tertiary/aromatic N) is 2. The van der Waals surface area contributed by atoms with E-state index in [4.69, 9.17) is 18.9 Å². The molecule has 6 nitrogen and oxygen atoms in total. The van der Waals surface area contributed by atoms with Gasteiger partial charge in [-0.3, -0.25) is 0 Å². The molecular formula is C82H62F2N2O4. The van der Waals surface area contributed by atoms with Gasteiger partial charge in [-0.15, -0.1) is 0 Å². The van der Waals surface area contributed by atoms with Crippen LogP contribution in [0.25, 0.3) is 33.4 Å². The summed E-state index contributed by atoms with van der Waals surface area (Å²) in [6.45, 7) is 8.48. The van der Waals surface area contributed by atoms with E-state index in [0.29, 0.717) is 24.6 Å². The molecule has 90 heavy (non-hydrogen) atoms. The molecule has 0 heterocycles. The second-order valence-electron chi connectivity index (χ2n) is 22.5. The van der Waals surface area contributed by atoms with E-state index in [-0.39, 0.29) is 11.6 Å². The van der Waals surface area contributed by atoms with Crippen molar-refractivity contribution in [2.75, 3.05) is 37.2 Å². The quantitative estimate of drug-likeness (QED) is 0.0752. The fourth-order valence-corrected chi connectivity index (χ4v) is 13.7. The van der Waals surface area contributed by atoms with Gasteiger partial charge >= 0.3 is 0 Å². The number of rotatable bonds is 19. The molecule has 2 aliphatic rings. The maximum Gasteiger partial charge on any atom is 0.125 e. The first-order valence-corrected chi connectivity index (χ1v) is 30.0. The van der Waals surface area contributed by atoms with Crippen molar-refractivity contribution in [3.63, 3.8) is 0 Å². The Bertz CT molecular complexity index is 4330. The fourth-order valence-electron chi connectivity index (χ4n) is 13.7. The number of fused-ring (bicyclic) bond motifs is 6. The molecule has 2 atom stereocenters. The lowest BCUT2D eigenvalue weighted by atomic mass is 9.67. The zero-order chi connectivity index (χ0) is 61.3. The number of benzene rings is 12. The third-order valence-corrected chi connectivity index (χ3v) is 17.6. The number of hydrogen-bond acceptors (Lipinski definition) is 6. The van der Waals surface area contributed by atoms with Crippen molar-refractivity contribution in [1.82, 2.24) is 0 Å². The van der Waals surface area contributed by atoms with Crippen molar-refractivity contribution in [2.24, 2.45) is 0 Å². The molecule has 0 radical (unpaired) electrons. The first kappa shape index (κ1) is 56.6. The van der Waals surface area contributed by atoms with Crippen LogP contribution in [0.1, 0.15) is 44.5 Å². The summed E-state index contributed by atoms with van der Waals surface area (Å²) in [6.07, 6.45) is 3.48. The average molecular weight is 1180 g/mol. The van der Waals surface area contributed by atoms with Crippen LogP contribution < -0.4 is 28.7 Å². The smallest absolute Gasteiger partial charge is 0.125 e. The van der Waals surface area contributed by atoms with Crippen molar-refractivity contribution >= 4 is 34.1 Å². The van der Waals surface area contributed by atoms with Crippen molar-refractivity contribution < 1.29 is 27.7 Å². The largest absolute Gasteiger partial charge is 0.497 e. The van der Waals surface area contributed by atoms with Crippen LogP contribution in [0.2, 0.25) is 0 Å². The van der Waals surface area contributed by atoms with E-state index in [1.165, 1.54) is 12.1 Å². The molecule has 438 valence electrons. The summed E-state index contributed by atoms with van der Waals surface area (Å²) in [4.78, 5) is 4.24. The minimum absolute atomic E-state index is 0.344. The Labute approximate surface area is 524 Å². The van der Waals surface area contributed by atoms with Crippen LogP contribution in [0.15, 0.2) is 304 Å². The topological polar surface area (TPSA) is 43.4 Å². The summed E-state index contributed by atoms with van der Waals surface area (Å²) < 4.78 is 54.5. The van der Waals surface area contributed by atoms with E-state index < -0.39 is 10.8 Å². The molecule has 12 aromatic carbocycles. The Balaban J connectivity index is 0.854. The molecule has 2 aliphatic carbocycles. The second kappa shape index (κ2) is 23.8. The van der Waals surface area contributed by atoms with Gasteiger partial charge in [0.25, 0.3) is 0 Å². The minimum Gasteiger partial charge on any atom is -0.497 e. The van der Waals surface area contributed by atoms with Gasteiger partial charge in [0.2, 0.25) is 0 Å². The SMILES string of the molecule is C=CCOc1ccc(C2(c3ccc(OC)cc3)c3ccccc3-c3ccc(N(c4ccc(-c5ccc(N(c6cccc(F)c6)c6ccc7c(c6)C(c6ccc(OC)cc6)(c6ccc(OCC=C)cc6)c6ccccc6-7)cc5)cc4)c4cccc(F)c4)cc32)cc1. The molecule has 0 amide bonds. The highest BCUT2D eigenvalue weighted by Gasteiger charge is 2.48. The molecular weight excluding hydrogens is 1110 g/mol. The van der Waals surface area contributed by atoms with E-state index in [0.717, 1.165) is 124 Å². The van der Waals surface area contributed by atoms with Gasteiger partial charge in [0, 0.05) is 34.1 Å². The van der Waals surface area contributed by atoms with Crippen molar-refractivity contribution in [2.45, 2.75) is 10.8 Å². The van der Waals surface area contributed by atoms with Gasteiger partial charge in [0.05, 0.1) is 25.0 Å². The van der Waals surface area contributed by atoms with Crippen LogP contribution >= 0.6 is 0 Å². The maximum absolute atomic E-state index is 15.6. The molecule has 14 rings (SSSR count). The molecule has 8 heteroatoms. The standard InChI is InChI=1S/C82H62F2N2O4/c1-5-49-89-71-43-29-59(30-44-71)81(57-25-39-69(87-3)40-26-57)77-19-9-7-17-73(77)75-47-37-67(53-79(75)81)85(65-15-11-13-61(83)51-65)63-33-21-55(22-34-63)56-23-35-64(36-24-56)86(66-16-12-14-62(84)52-66)68-38-48-76-74-18-8-10-20-78(74)82(80(76)54-68,58-27-41-70(88-4)42-28-58)60-31-45-72(46-32-60)90-50-6-2/h5-48,51-54H,1-2,49-50H2,3-4H3. The molecule has 0 aliphatic heterocycles. The normalized spacial score (nSPS) is 14.9. The zero-order valence-electron chi connectivity index (χ0n) is 49.8. The first-order chi connectivity index (χ1) is 44.2. The maximum atomic E-state index is 15.6. The van der Waals surface area contributed by atoms with Crippen LogP contribution in [-0.2, 0) is 10.8 Å². The Kier molecular flexibility index (Phi) is 15.0. The molecule has 0 fully saturated rings. The van der Waals surface area contributed by atoms with Crippen LogP contribution in [0, 0.1) is 11.6 Å². The van der Waals surface area contributed by atoms with E-state index >= 15 is 8.78 Å². The summed E-state index contributed by atoms with van der Waals surface area (Å²) in [6, 6.07) is 94.1. The molecule has 0 spiro atoms. The van der Waals surface area contributed by atoms with Crippen LogP contribution in [-0.4, -0.2) is 27.4 Å². The first-order valence-electron chi connectivity index (χ1n) is 30.0. The number of anilines is 6. The zero-order valence-corrected chi connectivity index (χ0v) is 49.8. The Morgan fingerprint density at radius 1 is 0.322 bits per heavy atom. The van der Waals surface area contributed by atoms with Gasteiger partial charge in [0.15, 0.2) is 0 Å². The van der Waals surface area contributed by atoms with Gasteiger partial charge in [-0.25, -0.2) is 8.78 Å². The number of halogens is 2. The van der Waals surface area contributed by atoms with Gasteiger partial charge in [0.1, 0.15) is 47.8 Å². The molecule has 0 aromatic heterocycles. The highest BCUT2D eigenvalue weighted by atomic mass is 19.1. The third-order valence-electron chi connectivity index (χ3n) is 17.6. The van der Waals surface area contributed by atoms with E-state index in [2.05, 4.69) is 205 Å². The van der Waals surface area contributed by atoms with Crippen molar-refractivity contribution in [3.05, 3.63) is 361 Å². The summed E-state index contributed by atoms with van der Waals surface area (Å²) in [5, 5.41) is 0. The molecule has 2 unspecified atom stereocenters.